The van der Waals surface area contributed by atoms with E-state index in [4.69, 9.17) is 5.11 Å². The summed E-state index contributed by atoms with van der Waals surface area (Å²) in [5, 5.41) is 18.3. The summed E-state index contributed by atoms with van der Waals surface area (Å²) in [5.74, 6) is -6.07. The number of aromatic nitrogens is 3. The second kappa shape index (κ2) is 27.6. The Kier molecular flexibility index (Phi) is 22.3. The number of likely N-dealkylation sites (N-methyl/N-ethyl adjacent to an activating group) is 2. The number of carboxylic acids is 1. The monoisotopic (exact) mass is 1110 g/mol. The minimum atomic E-state index is -1.01. The first-order valence-corrected chi connectivity index (χ1v) is 23.5. The van der Waals surface area contributed by atoms with Crippen LogP contribution in [-0.2, 0) is 0 Å². The van der Waals surface area contributed by atoms with Crippen molar-refractivity contribution < 1.29 is 70.2 Å². The van der Waals surface area contributed by atoms with Crippen molar-refractivity contribution in [2.24, 2.45) is 0 Å². The maximum absolute atomic E-state index is 13.3. The van der Waals surface area contributed by atoms with E-state index in [-0.39, 0.29) is 41.5 Å². The van der Waals surface area contributed by atoms with Crippen molar-refractivity contribution >= 4 is 72.8 Å². The Balaban J connectivity index is 0.000000204. The fourth-order valence-electron chi connectivity index (χ4n) is 7.92. The normalized spacial score (nSPS) is 13.6. The van der Waals surface area contributed by atoms with Gasteiger partial charge in [0, 0.05) is 90.6 Å². The number of nitrogens with zero attached hydrogens (tertiary/aromatic N) is 2. The quantitative estimate of drug-likeness (QED) is 0.0408. The topological polar surface area (TPSA) is 151 Å². The SMILES string of the molecule is CC(=O)c1ccc2[nH]ccc2c1.CC(=O)c1ccc2c(ccn2-c2ccc(F)c(F)c2)c1.CN[C@H]1CCCC[C@H]1NC.Fc1ccc(I)cc1F.O=C(O)c1ccc2c(ccn2-c2ccc(F)c(F)c2)c1.[Li+].[OH-]. The smallest absolute Gasteiger partial charge is 0.870 e. The van der Waals surface area contributed by atoms with Crippen molar-refractivity contribution in [2.45, 2.75) is 51.6 Å². The van der Waals surface area contributed by atoms with Crippen molar-refractivity contribution in [3.8, 4) is 11.4 Å². The second-order valence-electron chi connectivity index (χ2n) is 16.4. The van der Waals surface area contributed by atoms with Crippen molar-refractivity contribution in [1.29, 1.82) is 0 Å². The Labute approximate surface area is 443 Å². The minimum Gasteiger partial charge on any atom is -0.870 e. The summed E-state index contributed by atoms with van der Waals surface area (Å²) < 4.78 is 80.9. The number of rotatable bonds is 7. The summed E-state index contributed by atoms with van der Waals surface area (Å²) in [6.45, 7) is 3.08. The summed E-state index contributed by atoms with van der Waals surface area (Å²) in [5.41, 5.74) is 5.21. The Hall–Kier alpha value is -6.46. The predicted octanol–water partition coefficient (Wildman–Crippen LogP) is 10.2. The Morgan fingerprint density at radius 2 is 0.973 bits per heavy atom. The number of carboxylic acid groups (broad SMARTS) is 1. The van der Waals surface area contributed by atoms with Gasteiger partial charge < -0.3 is 35.3 Å². The van der Waals surface area contributed by atoms with Crippen molar-refractivity contribution in [3.05, 3.63) is 201 Å². The number of Topliss-reactive ketones (excluding diaryl/α,β-unsaturated/α-hetero) is 2. The first-order chi connectivity index (χ1) is 34.0. The third-order valence-corrected chi connectivity index (χ3v) is 12.4. The molecule has 6 aromatic carbocycles. The molecule has 9 aromatic rings. The number of benzene rings is 6. The van der Waals surface area contributed by atoms with Crippen LogP contribution >= 0.6 is 22.6 Å². The number of aromatic carboxylic acids is 1. The number of ketones is 2. The van der Waals surface area contributed by atoms with Gasteiger partial charge in [-0.05, 0) is 179 Å². The molecule has 5 N–H and O–H groups in total. The fraction of sp³-hybridized carbons (Fsp3) is 0.182. The molecule has 0 radical (unpaired) electrons. The molecule has 0 amide bonds. The largest absolute Gasteiger partial charge is 1.00 e. The van der Waals surface area contributed by atoms with Crippen LogP contribution in [0.25, 0.3) is 44.1 Å². The molecule has 0 unspecified atom stereocenters. The second-order valence-corrected chi connectivity index (χ2v) is 17.7. The molecule has 18 heteroatoms. The molecule has 73 heavy (non-hydrogen) atoms. The summed E-state index contributed by atoms with van der Waals surface area (Å²) in [6, 6.07) is 33.7. The van der Waals surface area contributed by atoms with Gasteiger partial charge in [-0.3, -0.25) is 9.59 Å². The molecular weight excluding hydrogens is 1060 g/mol. The third-order valence-electron chi connectivity index (χ3n) is 11.7. The molecule has 1 saturated carbocycles. The number of fused-ring (bicyclic) bond motifs is 3. The van der Waals surface area contributed by atoms with Crippen molar-refractivity contribution in [1.82, 2.24) is 24.8 Å². The number of hydrogen-bond donors (Lipinski definition) is 4. The van der Waals surface area contributed by atoms with Gasteiger partial charge in [0.1, 0.15) is 0 Å². The van der Waals surface area contributed by atoms with Gasteiger partial charge in [0.2, 0.25) is 0 Å². The van der Waals surface area contributed by atoms with Gasteiger partial charge in [0.25, 0.3) is 0 Å². The standard InChI is InChI=1S/C16H11F2NO.C15H9F2NO2.C10H9NO.C8H18N2.C6H3F2I.Li.H2O/c1-10(20)11-2-5-16-12(8-11)6-7-19(16)13-3-4-14(17)15(18)9-13;16-12-3-2-11(8-13(12)17)18-6-5-9-7-10(15(19)20)1-4-14(9)18;1-7(12)8-2-3-10-9(6-8)4-5-11-10;1-9-7-5-3-4-6-8(7)10-2;7-5-2-1-4(9)3-6(5)8;;/h2-9H,1H3;1-8H,(H,19,20);2-6,11H,1H3;7-10H,3-6H2,1-2H3;1-3H;;1H2/q;;;;;+1;/p-1/t;;;7-,8+;;;. The average molecular weight is 1110 g/mol. The summed E-state index contributed by atoms with van der Waals surface area (Å²) in [7, 11) is 4.11. The first kappa shape index (κ1) is 59.1. The molecule has 3 heterocycles. The van der Waals surface area contributed by atoms with E-state index in [1.165, 1.54) is 62.9 Å². The molecule has 1 aliphatic rings. The molecule has 0 bridgehead atoms. The molecule has 0 spiro atoms. The Bertz CT molecular complexity index is 3170. The Morgan fingerprint density at radius 1 is 0.548 bits per heavy atom. The maximum atomic E-state index is 13.3. The third kappa shape index (κ3) is 15.5. The molecule has 0 saturated heterocycles. The van der Waals surface area contributed by atoms with Gasteiger partial charge in [-0.25, -0.2) is 31.1 Å². The molecular formula is C55H51F6ILiN5O5. The van der Waals surface area contributed by atoms with E-state index >= 15 is 0 Å². The van der Waals surface area contributed by atoms with Gasteiger partial charge in [-0.1, -0.05) is 12.8 Å². The average Bonchev–Trinajstić information content (AvgIpc) is 4.14. The van der Waals surface area contributed by atoms with Crippen molar-refractivity contribution in [3.63, 3.8) is 0 Å². The number of H-pyrrole nitrogens is 1. The van der Waals surface area contributed by atoms with Crippen LogP contribution in [0.2, 0.25) is 0 Å². The van der Waals surface area contributed by atoms with E-state index in [2.05, 4.69) is 29.7 Å². The molecule has 2 atom stereocenters. The van der Waals surface area contributed by atoms with Gasteiger partial charge in [0.05, 0.1) is 16.6 Å². The zero-order chi connectivity index (χ0) is 51.4. The number of nitrogens with one attached hydrogen (secondary N) is 3. The zero-order valence-corrected chi connectivity index (χ0v) is 42.7. The summed E-state index contributed by atoms with van der Waals surface area (Å²) >= 11 is 1.92. The van der Waals surface area contributed by atoms with E-state index in [0.29, 0.717) is 32.6 Å². The van der Waals surface area contributed by atoms with Crippen LogP contribution in [0.3, 0.4) is 0 Å². The molecule has 0 aliphatic heterocycles. The molecule has 10 nitrogen and oxygen atoms in total. The van der Waals surface area contributed by atoms with Gasteiger partial charge in [-0.2, -0.15) is 0 Å². The number of aromatic amines is 1. The predicted molar refractivity (Wildman–Crippen MR) is 277 cm³/mol. The van der Waals surface area contributed by atoms with E-state index in [9.17, 15) is 40.7 Å². The maximum Gasteiger partial charge on any atom is 1.00 e. The number of halogens is 7. The van der Waals surface area contributed by atoms with Gasteiger partial charge >= 0.3 is 24.8 Å². The van der Waals surface area contributed by atoms with E-state index in [0.717, 1.165) is 74.7 Å². The van der Waals surface area contributed by atoms with Crippen LogP contribution in [0.5, 0.6) is 0 Å². The summed E-state index contributed by atoms with van der Waals surface area (Å²) in [6.07, 6.45) is 10.8. The number of hydrogen-bond acceptors (Lipinski definition) is 6. The minimum absolute atomic E-state index is 0. The first-order valence-electron chi connectivity index (χ1n) is 22.4. The van der Waals surface area contributed by atoms with Crippen LogP contribution in [0, 0.1) is 38.5 Å². The molecule has 10 rings (SSSR count). The van der Waals surface area contributed by atoms with Crippen LogP contribution in [0.4, 0.5) is 26.3 Å². The van der Waals surface area contributed by atoms with Crippen LogP contribution < -0.4 is 29.5 Å². The van der Waals surface area contributed by atoms with Crippen LogP contribution in [-0.4, -0.2) is 68.4 Å². The van der Waals surface area contributed by atoms with Crippen LogP contribution in [0.15, 0.2) is 146 Å². The fourth-order valence-corrected chi connectivity index (χ4v) is 8.38. The zero-order valence-electron chi connectivity index (χ0n) is 40.5. The van der Waals surface area contributed by atoms with Gasteiger partial charge in [0.15, 0.2) is 46.5 Å². The molecule has 376 valence electrons. The van der Waals surface area contributed by atoms with Gasteiger partial charge in [-0.15, -0.1) is 0 Å². The molecule has 3 aromatic heterocycles. The Morgan fingerprint density at radius 3 is 1.40 bits per heavy atom. The van der Waals surface area contributed by atoms with Crippen molar-refractivity contribution in [2.75, 3.05) is 14.1 Å². The number of carbonyl (C=O) groups is 3. The number of carbonyl (C=O) groups excluding carboxylic acids is 2. The molecule has 1 fully saturated rings. The van der Waals surface area contributed by atoms with E-state index < -0.39 is 40.9 Å². The van der Waals surface area contributed by atoms with E-state index in [1.54, 1.807) is 58.8 Å². The van der Waals surface area contributed by atoms with E-state index in [1.807, 2.05) is 59.1 Å². The summed E-state index contributed by atoms with van der Waals surface area (Å²) in [4.78, 5) is 36.3. The molecule has 1 aliphatic carbocycles. The van der Waals surface area contributed by atoms with Crippen LogP contribution in [0.1, 0.15) is 70.6 Å².